The van der Waals surface area contributed by atoms with Gasteiger partial charge < -0.3 is 15.6 Å². The number of halogens is 2. The lowest BCUT2D eigenvalue weighted by Crippen LogP contribution is -2.27. The summed E-state index contributed by atoms with van der Waals surface area (Å²) >= 11 is 0. The van der Waals surface area contributed by atoms with Crippen LogP contribution in [0.2, 0.25) is 0 Å². The van der Waals surface area contributed by atoms with Crippen molar-refractivity contribution in [2.24, 2.45) is 0 Å². The van der Waals surface area contributed by atoms with Gasteiger partial charge in [-0.2, -0.15) is 0 Å². The Kier molecular flexibility index (Phi) is 6.46. The van der Waals surface area contributed by atoms with E-state index in [2.05, 4.69) is 30.6 Å². The first-order valence-electron chi connectivity index (χ1n) is 11.5. The van der Waals surface area contributed by atoms with Crippen molar-refractivity contribution >= 4 is 22.9 Å². The molecule has 0 aliphatic rings. The molecule has 0 radical (unpaired) electrons. The maximum Gasteiger partial charge on any atom is 0.325 e. The number of aromatic amines is 2. The molecule has 8 nitrogen and oxygen atoms in total. The number of anilines is 1. The van der Waals surface area contributed by atoms with E-state index in [9.17, 15) is 18.4 Å². The van der Waals surface area contributed by atoms with E-state index in [0.717, 1.165) is 28.8 Å². The van der Waals surface area contributed by atoms with E-state index in [1.807, 2.05) is 30.3 Å². The van der Waals surface area contributed by atoms with Crippen LogP contribution in [-0.2, 0) is 6.54 Å². The van der Waals surface area contributed by atoms with Crippen LogP contribution >= 0.6 is 0 Å². The van der Waals surface area contributed by atoms with Gasteiger partial charge in [0.15, 0.2) is 17.3 Å². The summed E-state index contributed by atoms with van der Waals surface area (Å²) in [6.07, 6.45) is 3.27. The summed E-state index contributed by atoms with van der Waals surface area (Å²) < 4.78 is 26.8. The van der Waals surface area contributed by atoms with Gasteiger partial charge in [-0.15, -0.1) is 0 Å². The van der Waals surface area contributed by atoms with Crippen LogP contribution in [0, 0.1) is 11.6 Å². The number of hydrogen-bond donors (Lipinski definition) is 4. The van der Waals surface area contributed by atoms with E-state index in [0.29, 0.717) is 34.7 Å². The number of carbonyl (C=O) groups excluding carboxylic acids is 1. The number of benzene rings is 2. The summed E-state index contributed by atoms with van der Waals surface area (Å²) in [5, 5.41) is 5.99. The molecule has 1 unspecified atom stereocenters. The number of nitrogens with one attached hydrogen (secondary N) is 4. The zero-order valence-electron chi connectivity index (χ0n) is 19.7. The van der Waals surface area contributed by atoms with Crippen LogP contribution in [0.5, 0.6) is 0 Å². The average molecular weight is 501 g/mol. The maximum absolute atomic E-state index is 13.6. The molecule has 0 saturated heterocycles. The molecular weight excluding hydrogens is 478 g/mol. The van der Waals surface area contributed by atoms with Crippen molar-refractivity contribution in [2.75, 3.05) is 5.32 Å². The normalized spacial score (nSPS) is 11.9. The van der Waals surface area contributed by atoms with Crippen molar-refractivity contribution in [3.8, 4) is 11.1 Å². The number of rotatable bonds is 7. The van der Waals surface area contributed by atoms with Crippen LogP contribution in [0.15, 0.2) is 77.9 Å². The number of aromatic nitrogens is 4. The molecule has 0 spiro atoms. The second-order valence-corrected chi connectivity index (χ2v) is 8.52. The number of imidazole rings is 1. The Balaban J connectivity index is 1.26. The largest absolute Gasteiger partial charge is 0.365 e. The van der Waals surface area contributed by atoms with E-state index in [1.54, 1.807) is 31.5 Å². The van der Waals surface area contributed by atoms with E-state index in [1.165, 1.54) is 6.07 Å². The molecule has 3 aromatic heterocycles. The Morgan fingerprint density at radius 1 is 0.973 bits per heavy atom. The molecule has 0 saturated carbocycles. The molecule has 4 N–H and O–H groups in total. The quantitative estimate of drug-likeness (QED) is 0.259. The zero-order chi connectivity index (χ0) is 25.9. The first-order chi connectivity index (χ1) is 17.9. The Morgan fingerprint density at radius 2 is 1.78 bits per heavy atom. The first-order valence-corrected chi connectivity index (χ1v) is 11.5. The molecule has 1 atom stereocenters. The third-order valence-electron chi connectivity index (χ3n) is 5.96. The number of nitrogens with zero attached hydrogens (tertiary/aromatic N) is 2. The Morgan fingerprint density at radius 3 is 2.57 bits per heavy atom. The molecule has 10 heteroatoms. The summed E-state index contributed by atoms with van der Waals surface area (Å²) in [5.41, 5.74) is 4.36. The highest BCUT2D eigenvalue weighted by Gasteiger charge is 2.17. The minimum absolute atomic E-state index is 0.303. The summed E-state index contributed by atoms with van der Waals surface area (Å²) in [4.78, 5) is 38.3. The van der Waals surface area contributed by atoms with E-state index in [4.69, 9.17) is 0 Å². The van der Waals surface area contributed by atoms with E-state index in [-0.39, 0.29) is 5.69 Å². The zero-order valence-corrected chi connectivity index (χ0v) is 19.7. The molecule has 5 aromatic rings. The van der Waals surface area contributed by atoms with Crippen LogP contribution in [0.1, 0.15) is 34.5 Å². The van der Waals surface area contributed by atoms with Gasteiger partial charge in [-0.3, -0.25) is 9.78 Å². The van der Waals surface area contributed by atoms with Gasteiger partial charge >= 0.3 is 5.69 Å². The fourth-order valence-corrected chi connectivity index (χ4v) is 3.95. The number of amides is 1. The lowest BCUT2D eigenvalue weighted by Gasteiger charge is -2.16. The molecule has 186 valence electrons. The van der Waals surface area contributed by atoms with Crippen molar-refractivity contribution in [2.45, 2.75) is 19.5 Å². The fraction of sp³-hybridized carbons (Fsp3) is 0.111. The molecule has 0 aliphatic heterocycles. The second kappa shape index (κ2) is 10.0. The van der Waals surface area contributed by atoms with Crippen LogP contribution in [0.25, 0.3) is 22.3 Å². The minimum Gasteiger partial charge on any atom is -0.365 e. The lowest BCUT2D eigenvalue weighted by molar-refractivity contribution is 0.0940. The molecule has 37 heavy (non-hydrogen) atoms. The third kappa shape index (κ3) is 5.22. The SMILES string of the molecule is CC(NC(=O)c1cccnc1NCc1ccc(-c2cnc3[nH]c(=O)[nH]c3c2)cc1)c1ccc(F)c(F)c1. The molecule has 2 aromatic carbocycles. The van der Waals surface area contributed by atoms with Crippen molar-refractivity contribution in [1.82, 2.24) is 25.3 Å². The van der Waals surface area contributed by atoms with Gasteiger partial charge in [0.25, 0.3) is 5.91 Å². The topological polar surface area (TPSA) is 116 Å². The highest BCUT2D eigenvalue weighted by atomic mass is 19.2. The van der Waals surface area contributed by atoms with Crippen LogP contribution < -0.4 is 16.3 Å². The van der Waals surface area contributed by atoms with Gasteiger partial charge in [-0.05, 0) is 53.9 Å². The van der Waals surface area contributed by atoms with E-state index >= 15 is 0 Å². The molecule has 0 bridgehead atoms. The van der Waals surface area contributed by atoms with E-state index < -0.39 is 23.6 Å². The van der Waals surface area contributed by atoms with Crippen LogP contribution in [0.4, 0.5) is 14.6 Å². The third-order valence-corrected chi connectivity index (χ3v) is 5.96. The molecule has 0 fully saturated rings. The number of fused-ring (bicyclic) bond motifs is 1. The molecule has 3 heterocycles. The van der Waals surface area contributed by atoms with Gasteiger partial charge in [0.1, 0.15) is 5.82 Å². The minimum atomic E-state index is -0.968. The summed E-state index contributed by atoms with van der Waals surface area (Å²) in [6.45, 7) is 2.11. The van der Waals surface area contributed by atoms with Crippen LogP contribution in [-0.4, -0.2) is 25.8 Å². The lowest BCUT2D eigenvalue weighted by atomic mass is 10.1. The van der Waals surface area contributed by atoms with Crippen molar-refractivity contribution in [3.63, 3.8) is 0 Å². The standard InChI is InChI=1S/C27H22F2N6O2/c1-15(18-8-9-21(28)22(29)11-18)33-26(36)20-3-2-10-30-24(20)31-13-16-4-6-17(7-5-16)19-12-23-25(32-14-19)35-27(37)34-23/h2-12,14-15H,13H2,1H3,(H,30,31)(H,33,36)(H2,32,34,35,37). The van der Waals surface area contributed by atoms with Gasteiger partial charge in [0, 0.05) is 24.5 Å². The highest BCUT2D eigenvalue weighted by molar-refractivity contribution is 5.98. The van der Waals surface area contributed by atoms with Gasteiger partial charge in [-0.25, -0.2) is 23.5 Å². The molecule has 5 rings (SSSR count). The predicted octanol–water partition coefficient (Wildman–Crippen LogP) is 4.69. The predicted molar refractivity (Wildman–Crippen MR) is 136 cm³/mol. The number of hydrogen-bond acceptors (Lipinski definition) is 5. The Hall–Kier alpha value is -4.86. The Bertz CT molecular complexity index is 1650. The van der Waals surface area contributed by atoms with Crippen LogP contribution in [0.3, 0.4) is 0 Å². The summed E-state index contributed by atoms with van der Waals surface area (Å²) in [7, 11) is 0. The number of carbonyl (C=O) groups is 1. The van der Waals surface area contributed by atoms with Gasteiger partial charge in [-0.1, -0.05) is 30.3 Å². The van der Waals surface area contributed by atoms with Crippen molar-refractivity contribution in [3.05, 3.63) is 112 Å². The second-order valence-electron chi connectivity index (χ2n) is 8.52. The average Bonchev–Trinajstić information content (AvgIpc) is 3.28. The van der Waals surface area contributed by atoms with Gasteiger partial charge in [0.05, 0.1) is 17.1 Å². The summed E-state index contributed by atoms with van der Waals surface area (Å²) in [5.74, 6) is -1.91. The summed E-state index contributed by atoms with van der Waals surface area (Å²) in [6, 6.07) is 15.9. The monoisotopic (exact) mass is 500 g/mol. The van der Waals surface area contributed by atoms with Crippen molar-refractivity contribution in [1.29, 1.82) is 0 Å². The highest BCUT2D eigenvalue weighted by Crippen LogP contribution is 2.22. The fourth-order valence-electron chi connectivity index (χ4n) is 3.95. The Labute approximate surface area is 209 Å². The maximum atomic E-state index is 13.6. The smallest absolute Gasteiger partial charge is 0.325 e. The first kappa shape index (κ1) is 23.9. The molecule has 1 amide bonds. The molecular formula is C27H22F2N6O2. The number of H-pyrrole nitrogens is 2. The van der Waals surface area contributed by atoms with Gasteiger partial charge in [0.2, 0.25) is 0 Å². The number of pyridine rings is 2. The molecule has 0 aliphatic carbocycles. The van der Waals surface area contributed by atoms with Crippen molar-refractivity contribution < 1.29 is 13.6 Å².